The molecular formula is C35H39N3O4. The van der Waals surface area contributed by atoms with E-state index in [0.29, 0.717) is 18.7 Å². The third kappa shape index (κ3) is 7.84. The molecule has 2 amide bonds. The lowest BCUT2D eigenvalue weighted by Crippen LogP contribution is -2.38. The molecule has 218 valence electrons. The molecule has 1 aliphatic rings. The molecule has 0 aliphatic carbocycles. The minimum absolute atomic E-state index is 0.00694. The summed E-state index contributed by atoms with van der Waals surface area (Å²) in [5.74, 6) is 0. The zero-order valence-corrected chi connectivity index (χ0v) is 24.1. The fraction of sp³-hybridized carbons (Fsp3) is 0.286. The first kappa shape index (κ1) is 29.5. The van der Waals surface area contributed by atoms with Gasteiger partial charge < -0.3 is 25.2 Å². The maximum Gasteiger partial charge on any atom is 0.319 e. The molecule has 7 heteroatoms. The average molecular weight is 566 g/mol. The predicted molar refractivity (Wildman–Crippen MR) is 165 cm³/mol. The van der Waals surface area contributed by atoms with Crippen molar-refractivity contribution in [1.29, 1.82) is 0 Å². The van der Waals surface area contributed by atoms with Crippen LogP contribution in [0.15, 0.2) is 109 Å². The zero-order chi connectivity index (χ0) is 29.3. The van der Waals surface area contributed by atoms with Crippen LogP contribution in [0.25, 0.3) is 0 Å². The second-order valence-corrected chi connectivity index (χ2v) is 10.8. The lowest BCUT2D eigenvalue weighted by molar-refractivity contribution is -0.253. The molecule has 1 aliphatic heterocycles. The number of carbonyl (C=O) groups excluding carboxylic acids is 1. The summed E-state index contributed by atoms with van der Waals surface area (Å²) in [4.78, 5) is 14.7. The van der Waals surface area contributed by atoms with Gasteiger partial charge in [-0.1, -0.05) is 97.1 Å². The molecule has 0 aromatic heterocycles. The minimum atomic E-state index is -0.562. The summed E-state index contributed by atoms with van der Waals surface area (Å²) in [5.41, 5.74) is 5.78. The highest BCUT2D eigenvalue weighted by Crippen LogP contribution is 2.38. The lowest BCUT2D eigenvalue weighted by Gasteiger charge is -2.39. The van der Waals surface area contributed by atoms with Gasteiger partial charge in [-0.2, -0.15) is 0 Å². The number of anilines is 1. The molecule has 1 heterocycles. The van der Waals surface area contributed by atoms with E-state index in [4.69, 9.17) is 9.47 Å². The summed E-state index contributed by atoms with van der Waals surface area (Å²) < 4.78 is 13.0. The monoisotopic (exact) mass is 565 g/mol. The minimum Gasteiger partial charge on any atom is -0.392 e. The van der Waals surface area contributed by atoms with Crippen molar-refractivity contribution >= 4 is 11.7 Å². The van der Waals surface area contributed by atoms with E-state index in [2.05, 4.69) is 53.8 Å². The van der Waals surface area contributed by atoms with E-state index in [1.165, 1.54) is 5.56 Å². The van der Waals surface area contributed by atoms with Crippen molar-refractivity contribution in [3.05, 3.63) is 137 Å². The van der Waals surface area contributed by atoms with Crippen molar-refractivity contribution in [2.45, 2.75) is 51.0 Å². The topological polar surface area (TPSA) is 83.1 Å². The van der Waals surface area contributed by atoms with Crippen molar-refractivity contribution in [2.24, 2.45) is 0 Å². The van der Waals surface area contributed by atoms with Crippen LogP contribution in [0.3, 0.4) is 0 Å². The number of urea groups is 1. The molecule has 4 atom stereocenters. The van der Waals surface area contributed by atoms with Gasteiger partial charge in [0.25, 0.3) is 0 Å². The third-order valence-corrected chi connectivity index (χ3v) is 7.79. The van der Waals surface area contributed by atoms with Crippen molar-refractivity contribution in [2.75, 3.05) is 18.9 Å². The second-order valence-electron chi connectivity index (χ2n) is 10.8. The maximum atomic E-state index is 12.4. The van der Waals surface area contributed by atoms with Gasteiger partial charge in [0, 0.05) is 36.8 Å². The van der Waals surface area contributed by atoms with Gasteiger partial charge in [0.2, 0.25) is 0 Å². The number of aliphatic hydroxyl groups excluding tert-OH is 1. The van der Waals surface area contributed by atoms with E-state index in [1.54, 1.807) is 0 Å². The van der Waals surface area contributed by atoms with E-state index in [-0.39, 0.29) is 30.9 Å². The molecule has 5 rings (SSSR count). The van der Waals surface area contributed by atoms with Crippen LogP contribution in [0.5, 0.6) is 0 Å². The molecule has 7 nitrogen and oxygen atoms in total. The SMILES string of the molecule is C[C@@H](c1ccccc1)N(C)C[C@H]1C[C@@H](c2ccc(CO)cc2)O[C@@H](c2ccc(NC(=O)NCc3ccccc3)cc2)O1. The predicted octanol–water partition coefficient (Wildman–Crippen LogP) is 6.74. The number of ether oxygens (including phenoxy) is 2. The largest absolute Gasteiger partial charge is 0.392 e. The first-order valence-electron chi connectivity index (χ1n) is 14.4. The summed E-state index contributed by atoms with van der Waals surface area (Å²) in [6.45, 7) is 3.41. The molecule has 0 saturated carbocycles. The first-order valence-corrected chi connectivity index (χ1v) is 14.4. The van der Waals surface area contributed by atoms with Gasteiger partial charge in [0.05, 0.1) is 18.8 Å². The first-order chi connectivity index (χ1) is 20.5. The Morgan fingerprint density at radius 3 is 2.17 bits per heavy atom. The van der Waals surface area contributed by atoms with Gasteiger partial charge in [-0.05, 0) is 48.4 Å². The number of nitrogens with zero attached hydrogens (tertiary/aromatic N) is 1. The molecule has 0 bridgehead atoms. The number of amides is 2. The number of benzene rings is 4. The molecule has 0 radical (unpaired) electrons. The Labute approximate surface area is 248 Å². The number of likely N-dealkylation sites (N-methyl/N-ethyl adjacent to an activating group) is 1. The van der Waals surface area contributed by atoms with Crippen molar-refractivity contribution < 1.29 is 19.4 Å². The zero-order valence-electron chi connectivity index (χ0n) is 24.1. The van der Waals surface area contributed by atoms with E-state index in [1.807, 2.05) is 84.9 Å². The number of nitrogens with one attached hydrogen (secondary N) is 2. The maximum absolute atomic E-state index is 12.4. The van der Waals surface area contributed by atoms with Crippen LogP contribution >= 0.6 is 0 Å². The van der Waals surface area contributed by atoms with E-state index >= 15 is 0 Å². The molecule has 4 aromatic rings. The van der Waals surface area contributed by atoms with Crippen LogP contribution in [-0.4, -0.2) is 35.7 Å². The highest BCUT2D eigenvalue weighted by atomic mass is 16.7. The number of rotatable bonds is 10. The fourth-order valence-electron chi connectivity index (χ4n) is 5.18. The number of aliphatic hydroxyl groups is 1. The van der Waals surface area contributed by atoms with E-state index in [0.717, 1.165) is 28.8 Å². The van der Waals surface area contributed by atoms with Crippen molar-refractivity contribution in [1.82, 2.24) is 10.2 Å². The Morgan fingerprint density at radius 2 is 1.50 bits per heavy atom. The Balaban J connectivity index is 1.26. The molecule has 3 N–H and O–H groups in total. The van der Waals surface area contributed by atoms with Crippen molar-refractivity contribution in [3.8, 4) is 0 Å². The summed E-state index contributed by atoms with van der Waals surface area (Å²) in [6.07, 6.45) is -0.0812. The average Bonchev–Trinajstić information content (AvgIpc) is 3.04. The molecule has 4 aromatic carbocycles. The summed E-state index contributed by atoms with van der Waals surface area (Å²) in [6, 6.07) is 35.7. The summed E-state index contributed by atoms with van der Waals surface area (Å²) in [5, 5.41) is 15.3. The van der Waals surface area contributed by atoms with Crippen LogP contribution in [0.4, 0.5) is 10.5 Å². The second kappa shape index (κ2) is 14.2. The standard InChI is InChI=1S/C35H39N3O4/c1-25(28-11-7-4-8-12-28)38(2)23-32-21-33(29-15-13-27(24-39)14-16-29)42-34(41-32)30-17-19-31(20-18-30)37-35(40)36-22-26-9-5-3-6-10-26/h3-20,25,32-34,39H,21-24H2,1-2H3,(H2,36,37,40)/t25-,32+,33-,34-/m0/s1. The summed E-state index contributed by atoms with van der Waals surface area (Å²) in [7, 11) is 2.12. The van der Waals surface area contributed by atoms with Crippen LogP contribution in [0.1, 0.15) is 59.6 Å². The number of hydrogen-bond donors (Lipinski definition) is 3. The smallest absolute Gasteiger partial charge is 0.319 e. The molecule has 0 spiro atoms. The van der Waals surface area contributed by atoms with E-state index in [9.17, 15) is 9.90 Å². The Morgan fingerprint density at radius 1 is 0.857 bits per heavy atom. The van der Waals surface area contributed by atoms with Crippen LogP contribution in [-0.2, 0) is 22.6 Å². The molecule has 1 saturated heterocycles. The highest BCUT2D eigenvalue weighted by Gasteiger charge is 2.33. The summed E-state index contributed by atoms with van der Waals surface area (Å²) >= 11 is 0. The molecule has 42 heavy (non-hydrogen) atoms. The third-order valence-electron chi connectivity index (χ3n) is 7.79. The Bertz CT molecular complexity index is 1400. The fourth-order valence-corrected chi connectivity index (χ4v) is 5.18. The highest BCUT2D eigenvalue weighted by molar-refractivity contribution is 5.89. The van der Waals surface area contributed by atoms with Crippen LogP contribution < -0.4 is 10.6 Å². The quantitative estimate of drug-likeness (QED) is 0.198. The van der Waals surface area contributed by atoms with Gasteiger partial charge in [0.1, 0.15) is 0 Å². The lowest BCUT2D eigenvalue weighted by atomic mass is 9.99. The van der Waals surface area contributed by atoms with E-state index < -0.39 is 6.29 Å². The van der Waals surface area contributed by atoms with Gasteiger partial charge in [0.15, 0.2) is 6.29 Å². The Hall–Kier alpha value is -4.01. The van der Waals surface area contributed by atoms with Gasteiger partial charge in [-0.15, -0.1) is 0 Å². The molecular weight excluding hydrogens is 526 g/mol. The van der Waals surface area contributed by atoms with Crippen molar-refractivity contribution in [3.63, 3.8) is 0 Å². The molecule has 1 fully saturated rings. The van der Waals surface area contributed by atoms with Crippen LogP contribution in [0.2, 0.25) is 0 Å². The van der Waals surface area contributed by atoms with Gasteiger partial charge >= 0.3 is 6.03 Å². The molecule has 0 unspecified atom stereocenters. The number of carbonyl (C=O) groups is 1. The number of hydrogen-bond acceptors (Lipinski definition) is 5. The normalized spacial score (nSPS) is 19.3. The van der Waals surface area contributed by atoms with Gasteiger partial charge in [-0.25, -0.2) is 4.79 Å². The van der Waals surface area contributed by atoms with Gasteiger partial charge in [-0.3, -0.25) is 4.90 Å². The van der Waals surface area contributed by atoms with Crippen LogP contribution in [0, 0.1) is 0 Å². The Kier molecular flexibility index (Phi) is 10.0.